The minimum Gasteiger partial charge on any atom is -0.322 e. The Morgan fingerprint density at radius 3 is 2.27 bits per heavy atom. The number of benzene rings is 3. The zero-order chi connectivity index (χ0) is 21.9. The average Bonchev–Trinajstić information content (AvgIpc) is 2.68. The third-order valence-corrected chi connectivity index (χ3v) is 6.10. The van der Waals surface area contributed by atoms with E-state index < -0.39 is 10.0 Å². The van der Waals surface area contributed by atoms with Crippen LogP contribution < -0.4 is 9.62 Å². The van der Waals surface area contributed by atoms with Crippen molar-refractivity contribution in [2.45, 2.75) is 13.5 Å². The highest BCUT2D eigenvalue weighted by atomic mass is 35.5. The maximum absolute atomic E-state index is 12.6. The summed E-state index contributed by atoms with van der Waals surface area (Å²) in [5.41, 5.74) is 3.20. The predicted molar refractivity (Wildman–Crippen MR) is 123 cm³/mol. The topological polar surface area (TPSA) is 66.5 Å². The Morgan fingerprint density at radius 2 is 1.63 bits per heavy atom. The van der Waals surface area contributed by atoms with Gasteiger partial charge in [-0.3, -0.25) is 9.10 Å². The highest BCUT2D eigenvalue weighted by Crippen LogP contribution is 2.24. The standard InChI is InChI=1S/C22H20Cl2N2O3S/c1-15-6-11-19(24)13-21(15)25-22(27)17-9-7-16(8-10-17)14-26(30(2,28)29)20-5-3-4-18(23)12-20/h3-13H,14H2,1-2H3,(H,25,27). The number of hydrogen-bond donors (Lipinski definition) is 1. The molecule has 0 aliphatic carbocycles. The van der Waals surface area contributed by atoms with Crippen LogP contribution in [0, 0.1) is 6.92 Å². The number of halogens is 2. The monoisotopic (exact) mass is 462 g/mol. The van der Waals surface area contributed by atoms with Crippen LogP contribution in [0.5, 0.6) is 0 Å². The van der Waals surface area contributed by atoms with Gasteiger partial charge in [-0.1, -0.05) is 47.5 Å². The second-order valence-corrected chi connectivity index (χ2v) is 9.64. The van der Waals surface area contributed by atoms with Gasteiger partial charge in [0.15, 0.2) is 0 Å². The number of sulfonamides is 1. The van der Waals surface area contributed by atoms with Crippen molar-refractivity contribution in [3.63, 3.8) is 0 Å². The van der Waals surface area contributed by atoms with Crippen molar-refractivity contribution in [3.8, 4) is 0 Å². The Balaban J connectivity index is 1.78. The lowest BCUT2D eigenvalue weighted by molar-refractivity contribution is 0.102. The third-order valence-electron chi connectivity index (χ3n) is 4.49. The van der Waals surface area contributed by atoms with Crippen molar-refractivity contribution in [2.24, 2.45) is 0 Å². The number of hydrogen-bond acceptors (Lipinski definition) is 3. The van der Waals surface area contributed by atoms with Crippen LogP contribution in [0.2, 0.25) is 10.0 Å². The van der Waals surface area contributed by atoms with Gasteiger partial charge in [0.25, 0.3) is 5.91 Å². The summed E-state index contributed by atoms with van der Waals surface area (Å²) < 4.78 is 25.9. The SMILES string of the molecule is Cc1ccc(Cl)cc1NC(=O)c1ccc(CN(c2cccc(Cl)c2)S(C)(=O)=O)cc1. The molecule has 0 aliphatic heterocycles. The van der Waals surface area contributed by atoms with E-state index in [4.69, 9.17) is 23.2 Å². The minimum absolute atomic E-state index is 0.120. The quantitative estimate of drug-likeness (QED) is 0.524. The van der Waals surface area contributed by atoms with Gasteiger partial charge in [-0.05, 0) is 60.5 Å². The van der Waals surface area contributed by atoms with Crippen molar-refractivity contribution < 1.29 is 13.2 Å². The normalized spacial score (nSPS) is 11.2. The molecule has 0 heterocycles. The van der Waals surface area contributed by atoms with E-state index in [1.165, 1.54) is 4.31 Å². The van der Waals surface area contributed by atoms with Gasteiger partial charge in [-0.2, -0.15) is 0 Å². The molecule has 1 amide bonds. The molecule has 0 fully saturated rings. The molecule has 0 aromatic heterocycles. The van der Waals surface area contributed by atoms with Gasteiger partial charge in [0.1, 0.15) is 0 Å². The van der Waals surface area contributed by atoms with E-state index in [-0.39, 0.29) is 12.5 Å². The molecule has 1 N–H and O–H groups in total. The number of amides is 1. The van der Waals surface area contributed by atoms with Crippen LogP contribution in [0.4, 0.5) is 11.4 Å². The van der Waals surface area contributed by atoms with Crippen molar-refractivity contribution in [1.29, 1.82) is 0 Å². The maximum Gasteiger partial charge on any atom is 0.255 e. The summed E-state index contributed by atoms with van der Waals surface area (Å²) in [5.74, 6) is -0.276. The van der Waals surface area contributed by atoms with E-state index in [9.17, 15) is 13.2 Å². The van der Waals surface area contributed by atoms with Gasteiger partial charge >= 0.3 is 0 Å². The van der Waals surface area contributed by atoms with E-state index in [2.05, 4.69) is 5.32 Å². The van der Waals surface area contributed by atoms with Crippen molar-refractivity contribution in [1.82, 2.24) is 0 Å². The molecule has 0 radical (unpaired) electrons. The van der Waals surface area contributed by atoms with Crippen LogP contribution in [0.3, 0.4) is 0 Å². The number of nitrogens with zero attached hydrogens (tertiary/aromatic N) is 1. The summed E-state index contributed by atoms with van der Waals surface area (Å²) in [4.78, 5) is 12.6. The van der Waals surface area contributed by atoms with Crippen LogP contribution in [0.25, 0.3) is 0 Å². The Hall–Kier alpha value is -2.54. The Kier molecular flexibility index (Phi) is 6.71. The predicted octanol–water partition coefficient (Wildman–Crippen LogP) is 5.52. The first kappa shape index (κ1) is 22.2. The summed E-state index contributed by atoms with van der Waals surface area (Å²) in [6.45, 7) is 2.00. The molecule has 8 heteroatoms. The average molecular weight is 463 g/mol. The number of carbonyl (C=O) groups excluding carboxylic acids is 1. The van der Waals surface area contributed by atoms with Gasteiger partial charge in [0.2, 0.25) is 10.0 Å². The summed E-state index contributed by atoms with van der Waals surface area (Å²) >= 11 is 12.0. The van der Waals surface area contributed by atoms with Crippen LogP contribution in [-0.4, -0.2) is 20.6 Å². The van der Waals surface area contributed by atoms with Gasteiger partial charge in [-0.25, -0.2) is 8.42 Å². The smallest absolute Gasteiger partial charge is 0.255 e. The van der Waals surface area contributed by atoms with Crippen LogP contribution in [0.1, 0.15) is 21.5 Å². The molecule has 0 saturated carbocycles. The zero-order valence-electron chi connectivity index (χ0n) is 16.4. The number of anilines is 2. The van der Waals surface area contributed by atoms with Gasteiger partial charge in [0, 0.05) is 21.3 Å². The third kappa shape index (κ3) is 5.53. The first-order valence-corrected chi connectivity index (χ1v) is 11.6. The number of rotatable bonds is 6. The zero-order valence-corrected chi connectivity index (χ0v) is 18.7. The van der Waals surface area contributed by atoms with Gasteiger partial charge < -0.3 is 5.32 Å². The van der Waals surface area contributed by atoms with E-state index in [1.54, 1.807) is 60.7 Å². The Morgan fingerprint density at radius 1 is 0.967 bits per heavy atom. The molecule has 0 atom stereocenters. The molecule has 0 unspecified atom stereocenters. The van der Waals surface area contributed by atoms with Crippen LogP contribution in [0.15, 0.2) is 66.7 Å². The molecule has 0 spiro atoms. The molecular formula is C22H20Cl2N2O3S. The molecule has 3 rings (SSSR count). The second-order valence-electron chi connectivity index (χ2n) is 6.86. The molecule has 5 nitrogen and oxygen atoms in total. The Bertz CT molecular complexity index is 1180. The lowest BCUT2D eigenvalue weighted by atomic mass is 10.1. The highest BCUT2D eigenvalue weighted by molar-refractivity contribution is 7.92. The summed E-state index contributed by atoms with van der Waals surface area (Å²) in [7, 11) is -3.53. The molecule has 0 bridgehead atoms. The molecular weight excluding hydrogens is 443 g/mol. The lowest BCUT2D eigenvalue weighted by Crippen LogP contribution is -2.29. The maximum atomic E-state index is 12.6. The lowest BCUT2D eigenvalue weighted by Gasteiger charge is -2.22. The van der Waals surface area contributed by atoms with Crippen LogP contribution in [-0.2, 0) is 16.6 Å². The van der Waals surface area contributed by atoms with Crippen molar-refractivity contribution in [2.75, 3.05) is 15.9 Å². The van der Waals surface area contributed by atoms with Crippen LogP contribution >= 0.6 is 23.2 Å². The number of carbonyl (C=O) groups is 1. The second kappa shape index (κ2) is 9.08. The fraction of sp³-hybridized carbons (Fsp3) is 0.136. The minimum atomic E-state index is -3.53. The largest absolute Gasteiger partial charge is 0.322 e. The first-order valence-electron chi connectivity index (χ1n) is 9.03. The summed E-state index contributed by atoms with van der Waals surface area (Å²) in [6, 6.07) is 18.7. The van der Waals surface area contributed by atoms with Crippen molar-refractivity contribution in [3.05, 3.63) is 93.5 Å². The molecule has 0 aliphatic rings. The first-order chi connectivity index (χ1) is 14.1. The molecule has 3 aromatic rings. The van der Waals surface area contributed by atoms with E-state index in [1.807, 2.05) is 13.0 Å². The fourth-order valence-electron chi connectivity index (χ4n) is 2.88. The van der Waals surface area contributed by atoms with Gasteiger partial charge in [-0.15, -0.1) is 0 Å². The van der Waals surface area contributed by atoms with Crippen molar-refractivity contribution >= 4 is 50.5 Å². The molecule has 156 valence electrons. The summed E-state index contributed by atoms with van der Waals surface area (Å²) in [6.07, 6.45) is 1.14. The van der Waals surface area contributed by atoms with E-state index in [0.717, 1.165) is 17.4 Å². The Labute approximate surface area is 186 Å². The van der Waals surface area contributed by atoms with Gasteiger partial charge in [0.05, 0.1) is 18.5 Å². The molecule has 3 aromatic carbocycles. The highest BCUT2D eigenvalue weighted by Gasteiger charge is 2.18. The fourth-order valence-corrected chi connectivity index (χ4v) is 4.12. The summed E-state index contributed by atoms with van der Waals surface area (Å²) in [5, 5.41) is 3.82. The molecule has 30 heavy (non-hydrogen) atoms. The molecule has 0 saturated heterocycles. The number of aryl methyl sites for hydroxylation is 1. The number of nitrogens with one attached hydrogen (secondary N) is 1. The van der Waals surface area contributed by atoms with E-state index >= 15 is 0 Å². The van der Waals surface area contributed by atoms with E-state index in [0.29, 0.717) is 27.0 Å².